The summed E-state index contributed by atoms with van der Waals surface area (Å²) in [6.45, 7) is 3.96. The number of anilines is 1. The fraction of sp³-hybridized carbons (Fsp3) is 0.227. The maximum Gasteiger partial charge on any atom is 0.243 e. The molecule has 1 saturated heterocycles. The number of hydrogen-bond acceptors (Lipinski definition) is 3. The highest BCUT2D eigenvalue weighted by Gasteiger charge is 2.29. The maximum absolute atomic E-state index is 13.1. The number of thiocarbonyl (C=S) groups is 1. The van der Waals surface area contributed by atoms with Crippen LogP contribution in [0.5, 0.6) is 0 Å². The average Bonchev–Trinajstić information content (AvgIpc) is 2.75. The van der Waals surface area contributed by atoms with Crippen LogP contribution in [0.1, 0.15) is 5.56 Å². The van der Waals surface area contributed by atoms with Gasteiger partial charge in [-0.15, -0.1) is 0 Å². The van der Waals surface area contributed by atoms with E-state index in [0.717, 1.165) is 22.0 Å². The molecule has 0 unspecified atom stereocenters. The molecule has 3 aromatic carbocycles. The summed E-state index contributed by atoms with van der Waals surface area (Å²) in [5.41, 5.74) is 2.09. The Morgan fingerprint density at radius 2 is 1.55 bits per heavy atom. The Balaban J connectivity index is 1.44. The van der Waals surface area contributed by atoms with Crippen molar-refractivity contribution in [2.75, 3.05) is 31.5 Å². The van der Waals surface area contributed by atoms with Gasteiger partial charge in [0.2, 0.25) is 10.0 Å². The Morgan fingerprint density at radius 1 is 0.897 bits per heavy atom. The van der Waals surface area contributed by atoms with Crippen LogP contribution in [-0.2, 0) is 10.0 Å². The molecular weight excluding hydrogens is 402 g/mol. The molecule has 0 atom stereocenters. The van der Waals surface area contributed by atoms with Gasteiger partial charge in [0.05, 0.1) is 4.90 Å². The lowest BCUT2D eigenvalue weighted by Crippen LogP contribution is -2.51. The number of fused-ring (bicyclic) bond motifs is 1. The minimum absolute atomic E-state index is 0.338. The average molecular weight is 426 g/mol. The molecule has 0 spiro atoms. The van der Waals surface area contributed by atoms with E-state index in [2.05, 4.69) is 5.32 Å². The molecule has 0 saturated carbocycles. The highest BCUT2D eigenvalue weighted by molar-refractivity contribution is 7.89. The van der Waals surface area contributed by atoms with Crippen LogP contribution in [0.25, 0.3) is 10.8 Å². The zero-order valence-electron chi connectivity index (χ0n) is 16.2. The summed E-state index contributed by atoms with van der Waals surface area (Å²) in [5.74, 6) is 0. The molecule has 7 heteroatoms. The summed E-state index contributed by atoms with van der Waals surface area (Å²) < 4.78 is 27.7. The molecule has 0 bridgehead atoms. The van der Waals surface area contributed by atoms with Crippen molar-refractivity contribution in [1.82, 2.24) is 9.21 Å². The summed E-state index contributed by atoms with van der Waals surface area (Å²) in [7, 11) is -3.53. The van der Waals surface area contributed by atoms with Crippen LogP contribution in [0, 0.1) is 6.92 Å². The zero-order valence-corrected chi connectivity index (χ0v) is 17.8. The molecular formula is C22H23N3O2S2. The third-order valence-electron chi connectivity index (χ3n) is 5.27. The lowest BCUT2D eigenvalue weighted by atomic mass is 10.1. The predicted octanol–water partition coefficient (Wildman–Crippen LogP) is 3.85. The summed E-state index contributed by atoms with van der Waals surface area (Å²) in [6, 6.07) is 21.0. The van der Waals surface area contributed by atoms with E-state index in [1.807, 2.05) is 66.4 Å². The van der Waals surface area contributed by atoms with Gasteiger partial charge in [0.15, 0.2) is 5.11 Å². The Kier molecular flexibility index (Phi) is 5.54. The van der Waals surface area contributed by atoms with E-state index < -0.39 is 10.0 Å². The molecule has 1 aliphatic heterocycles. The first-order valence-corrected chi connectivity index (χ1v) is 11.4. The van der Waals surface area contributed by atoms with Crippen LogP contribution in [-0.4, -0.2) is 48.9 Å². The monoisotopic (exact) mass is 425 g/mol. The fourth-order valence-electron chi connectivity index (χ4n) is 3.52. The van der Waals surface area contributed by atoms with Gasteiger partial charge in [-0.2, -0.15) is 4.31 Å². The van der Waals surface area contributed by atoms with Crippen LogP contribution in [0.4, 0.5) is 5.69 Å². The summed E-state index contributed by atoms with van der Waals surface area (Å²) in [5, 5.41) is 5.86. The van der Waals surface area contributed by atoms with Crippen molar-refractivity contribution in [3.63, 3.8) is 0 Å². The van der Waals surface area contributed by atoms with Gasteiger partial charge in [0.1, 0.15) is 0 Å². The normalized spacial score (nSPS) is 15.4. The third-order valence-corrected chi connectivity index (χ3v) is 7.53. The molecule has 0 radical (unpaired) electrons. The van der Waals surface area contributed by atoms with E-state index in [0.29, 0.717) is 36.2 Å². The minimum atomic E-state index is -3.53. The van der Waals surface area contributed by atoms with Crippen LogP contribution in [0.3, 0.4) is 0 Å². The minimum Gasteiger partial charge on any atom is -0.346 e. The first kappa shape index (κ1) is 19.8. The number of rotatable bonds is 3. The number of piperazine rings is 1. The van der Waals surface area contributed by atoms with Crippen molar-refractivity contribution in [2.45, 2.75) is 11.8 Å². The summed E-state index contributed by atoms with van der Waals surface area (Å²) >= 11 is 5.54. The predicted molar refractivity (Wildman–Crippen MR) is 122 cm³/mol. The zero-order chi connectivity index (χ0) is 20.4. The molecule has 1 fully saturated rings. The first-order valence-electron chi connectivity index (χ1n) is 9.56. The van der Waals surface area contributed by atoms with Crippen molar-refractivity contribution in [3.8, 4) is 0 Å². The smallest absolute Gasteiger partial charge is 0.243 e. The molecule has 3 aromatic rings. The number of hydrogen-bond donors (Lipinski definition) is 1. The maximum atomic E-state index is 13.1. The molecule has 0 amide bonds. The Morgan fingerprint density at radius 3 is 2.28 bits per heavy atom. The number of benzene rings is 3. The third kappa shape index (κ3) is 4.12. The van der Waals surface area contributed by atoms with Gasteiger partial charge in [-0.3, -0.25) is 0 Å². The first-order chi connectivity index (χ1) is 13.9. The van der Waals surface area contributed by atoms with E-state index in [1.165, 1.54) is 0 Å². The van der Waals surface area contributed by atoms with Crippen LogP contribution >= 0.6 is 12.2 Å². The molecule has 5 nitrogen and oxygen atoms in total. The Bertz CT molecular complexity index is 1150. The SMILES string of the molecule is Cc1ccccc1NC(=S)N1CCN(S(=O)(=O)c2ccc3ccccc3c2)CC1. The van der Waals surface area contributed by atoms with Crippen LogP contribution in [0.2, 0.25) is 0 Å². The molecule has 0 aromatic heterocycles. The largest absolute Gasteiger partial charge is 0.346 e. The van der Waals surface area contributed by atoms with E-state index >= 15 is 0 Å². The lowest BCUT2D eigenvalue weighted by Gasteiger charge is -2.35. The van der Waals surface area contributed by atoms with Gasteiger partial charge >= 0.3 is 0 Å². The topological polar surface area (TPSA) is 52.6 Å². The molecule has 1 heterocycles. The van der Waals surface area contributed by atoms with E-state index in [9.17, 15) is 8.42 Å². The van der Waals surface area contributed by atoms with Crippen molar-refractivity contribution >= 4 is 43.8 Å². The second-order valence-electron chi connectivity index (χ2n) is 7.15. The summed E-state index contributed by atoms with van der Waals surface area (Å²) in [6.07, 6.45) is 0. The van der Waals surface area contributed by atoms with E-state index in [1.54, 1.807) is 16.4 Å². The highest BCUT2D eigenvalue weighted by atomic mass is 32.2. The second kappa shape index (κ2) is 8.10. The number of nitrogens with one attached hydrogen (secondary N) is 1. The molecule has 150 valence electrons. The molecule has 4 rings (SSSR count). The standard InChI is InChI=1S/C22H23N3O2S2/c1-17-6-2-5-9-21(17)23-22(28)24-12-14-25(15-13-24)29(26,27)20-11-10-18-7-3-4-8-19(18)16-20/h2-11,16H,12-15H2,1H3,(H,23,28). The molecule has 1 aliphatic rings. The van der Waals surface area contributed by atoms with Gasteiger partial charge in [0.25, 0.3) is 0 Å². The van der Waals surface area contributed by atoms with Gasteiger partial charge in [-0.1, -0.05) is 48.5 Å². The van der Waals surface area contributed by atoms with Gasteiger partial charge < -0.3 is 10.2 Å². The van der Waals surface area contributed by atoms with Crippen molar-refractivity contribution in [2.24, 2.45) is 0 Å². The highest BCUT2D eigenvalue weighted by Crippen LogP contribution is 2.23. The number of nitrogens with zero attached hydrogens (tertiary/aromatic N) is 2. The Hall–Kier alpha value is -2.48. The summed E-state index contributed by atoms with van der Waals surface area (Å²) in [4.78, 5) is 2.36. The molecule has 29 heavy (non-hydrogen) atoms. The van der Waals surface area contributed by atoms with Gasteiger partial charge in [0, 0.05) is 31.9 Å². The van der Waals surface area contributed by atoms with Crippen LogP contribution in [0.15, 0.2) is 71.6 Å². The number of aryl methyl sites for hydroxylation is 1. The number of sulfonamides is 1. The fourth-order valence-corrected chi connectivity index (χ4v) is 5.27. The van der Waals surface area contributed by atoms with Crippen molar-refractivity contribution < 1.29 is 8.42 Å². The van der Waals surface area contributed by atoms with Gasteiger partial charge in [-0.05, 0) is 53.7 Å². The molecule has 1 N–H and O–H groups in total. The van der Waals surface area contributed by atoms with Crippen LogP contribution < -0.4 is 5.32 Å². The van der Waals surface area contributed by atoms with E-state index in [-0.39, 0.29) is 0 Å². The van der Waals surface area contributed by atoms with Gasteiger partial charge in [-0.25, -0.2) is 8.42 Å². The van der Waals surface area contributed by atoms with Crippen molar-refractivity contribution in [1.29, 1.82) is 0 Å². The molecule has 0 aliphatic carbocycles. The van der Waals surface area contributed by atoms with Crippen molar-refractivity contribution in [3.05, 3.63) is 72.3 Å². The quantitative estimate of drug-likeness (QED) is 0.646. The Labute approximate surface area is 177 Å². The second-order valence-corrected chi connectivity index (χ2v) is 9.47. The lowest BCUT2D eigenvalue weighted by molar-refractivity contribution is 0.268. The number of para-hydroxylation sites is 1. The van der Waals surface area contributed by atoms with E-state index in [4.69, 9.17) is 12.2 Å².